The van der Waals surface area contributed by atoms with E-state index in [0.29, 0.717) is 6.04 Å². The number of anilines is 2. The molecule has 1 aliphatic carbocycles. The minimum absolute atomic E-state index is 0.0448. The average Bonchev–Trinajstić information content (AvgIpc) is 2.42. The fourth-order valence-electron chi connectivity index (χ4n) is 2.83. The van der Waals surface area contributed by atoms with Gasteiger partial charge in [0.25, 0.3) is 0 Å². The van der Waals surface area contributed by atoms with Gasteiger partial charge < -0.3 is 10.6 Å². The second kappa shape index (κ2) is 6.20. The summed E-state index contributed by atoms with van der Waals surface area (Å²) in [6, 6.07) is 0.548. The SMILES string of the molecule is CNc1nc(C(C)(C)C)nc(NC2CCC(C)CC2)c1C. The van der Waals surface area contributed by atoms with Crippen LogP contribution in [0.4, 0.5) is 11.6 Å². The third kappa shape index (κ3) is 3.86. The van der Waals surface area contributed by atoms with E-state index in [-0.39, 0.29) is 5.41 Å². The molecule has 0 amide bonds. The topological polar surface area (TPSA) is 49.8 Å². The summed E-state index contributed by atoms with van der Waals surface area (Å²) < 4.78 is 0. The van der Waals surface area contributed by atoms with Crippen LogP contribution in [0.2, 0.25) is 0 Å². The molecule has 0 saturated heterocycles. The highest BCUT2D eigenvalue weighted by Gasteiger charge is 2.23. The minimum atomic E-state index is -0.0448. The van der Waals surface area contributed by atoms with Gasteiger partial charge >= 0.3 is 0 Å². The number of rotatable bonds is 3. The van der Waals surface area contributed by atoms with Gasteiger partial charge in [-0.15, -0.1) is 0 Å². The van der Waals surface area contributed by atoms with Crippen molar-refractivity contribution < 1.29 is 0 Å². The molecule has 0 aliphatic heterocycles. The first kappa shape index (κ1) is 16.1. The molecular formula is C17H30N4. The summed E-state index contributed by atoms with van der Waals surface area (Å²) >= 11 is 0. The standard InChI is InChI=1S/C17H30N4/c1-11-7-9-13(10-8-11)19-15-12(2)14(18-6)20-16(21-15)17(3,4)5/h11,13H,7-10H2,1-6H3,(H2,18,19,20,21). The predicted octanol–water partition coefficient (Wildman–Crippen LogP) is 4.11. The van der Waals surface area contributed by atoms with Gasteiger partial charge in [0, 0.05) is 24.1 Å². The molecular weight excluding hydrogens is 260 g/mol. The smallest absolute Gasteiger partial charge is 0.138 e. The van der Waals surface area contributed by atoms with Crippen LogP contribution in [0.1, 0.15) is 64.8 Å². The van der Waals surface area contributed by atoms with Gasteiger partial charge in [-0.3, -0.25) is 0 Å². The van der Waals surface area contributed by atoms with Crippen LogP contribution in [0.15, 0.2) is 0 Å². The molecule has 0 aromatic carbocycles. The number of aromatic nitrogens is 2. The van der Waals surface area contributed by atoms with Crippen LogP contribution >= 0.6 is 0 Å². The molecule has 4 heteroatoms. The monoisotopic (exact) mass is 290 g/mol. The lowest BCUT2D eigenvalue weighted by atomic mass is 9.87. The first-order valence-electron chi connectivity index (χ1n) is 8.14. The normalized spacial score (nSPS) is 23.0. The average molecular weight is 290 g/mol. The van der Waals surface area contributed by atoms with E-state index in [1.807, 2.05) is 7.05 Å². The van der Waals surface area contributed by atoms with Gasteiger partial charge in [0.05, 0.1) is 0 Å². The molecule has 1 aromatic rings. The Balaban J connectivity index is 2.25. The van der Waals surface area contributed by atoms with Gasteiger partial charge in [-0.05, 0) is 38.5 Å². The van der Waals surface area contributed by atoms with Crippen molar-refractivity contribution in [2.45, 2.75) is 71.8 Å². The zero-order chi connectivity index (χ0) is 15.6. The van der Waals surface area contributed by atoms with E-state index in [4.69, 9.17) is 4.98 Å². The van der Waals surface area contributed by atoms with Crippen LogP contribution in [0, 0.1) is 12.8 Å². The Morgan fingerprint density at radius 3 is 2.10 bits per heavy atom. The Bertz CT molecular complexity index is 482. The summed E-state index contributed by atoms with van der Waals surface area (Å²) in [5.41, 5.74) is 1.07. The largest absolute Gasteiger partial charge is 0.373 e. The van der Waals surface area contributed by atoms with Crippen LogP contribution in [0.3, 0.4) is 0 Å². The van der Waals surface area contributed by atoms with Crippen molar-refractivity contribution in [2.24, 2.45) is 5.92 Å². The van der Waals surface area contributed by atoms with E-state index in [1.54, 1.807) is 0 Å². The van der Waals surface area contributed by atoms with Crippen LogP contribution in [0.5, 0.6) is 0 Å². The van der Waals surface area contributed by atoms with E-state index in [0.717, 1.165) is 28.9 Å². The molecule has 2 rings (SSSR count). The summed E-state index contributed by atoms with van der Waals surface area (Å²) in [5.74, 6) is 3.69. The quantitative estimate of drug-likeness (QED) is 0.879. The maximum absolute atomic E-state index is 4.80. The predicted molar refractivity (Wildman–Crippen MR) is 90.1 cm³/mol. The summed E-state index contributed by atoms with van der Waals surface area (Å²) in [4.78, 5) is 9.47. The van der Waals surface area contributed by atoms with E-state index >= 15 is 0 Å². The fourth-order valence-corrected chi connectivity index (χ4v) is 2.83. The van der Waals surface area contributed by atoms with Crippen molar-refractivity contribution in [1.82, 2.24) is 9.97 Å². The van der Waals surface area contributed by atoms with E-state index in [9.17, 15) is 0 Å². The Morgan fingerprint density at radius 1 is 1.00 bits per heavy atom. The Kier molecular flexibility index (Phi) is 4.74. The molecule has 118 valence electrons. The van der Waals surface area contributed by atoms with Crippen LogP contribution < -0.4 is 10.6 Å². The summed E-state index contributed by atoms with van der Waals surface area (Å²) in [6.45, 7) is 10.9. The number of nitrogens with one attached hydrogen (secondary N) is 2. The molecule has 0 radical (unpaired) electrons. The highest BCUT2D eigenvalue weighted by Crippen LogP contribution is 2.30. The molecule has 21 heavy (non-hydrogen) atoms. The van der Waals surface area contributed by atoms with Gasteiger partial charge in [-0.1, -0.05) is 27.7 Å². The molecule has 1 heterocycles. The van der Waals surface area contributed by atoms with E-state index in [1.165, 1.54) is 25.7 Å². The Hall–Kier alpha value is -1.32. The van der Waals surface area contributed by atoms with Gasteiger partial charge in [0.15, 0.2) is 0 Å². The van der Waals surface area contributed by atoms with E-state index in [2.05, 4.69) is 50.2 Å². The molecule has 1 fully saturated rings. The van der Waals surface area contributed by atoms with Crippen LogP contribution in [0.25, 0.3) is 0 Å². The zero-order valence-electron chi connectivity index (χ0n) is 14.4. The van der Waals surface area contributed by atoms with Crippen molar-refractivity contribution >= 4 is 11.6 Å². The molecule has 0 spiro atoms. The highest BCUT2D eigenvalue weighted by molar-refractivity contribution is 5.57. The molecule has 0 atom stereocenters. The molecule has 0 unspecified atom stereocenters. The highest BCUT2D eigenvalue weighted by atomic mass is 15.1. The molecule has 4 nitrogen and oxygen atoms in total. The molecule has 1 saturated carbocycles. The zero-order valence-corrected chi connectivity index (χ0v) is 14.4. The van der Waals surface area contributed by atoms with Crippen molar-refractivity contribution in [3.8, 4) is 0 Å². The minimum Gasteiger partial charge on any atom is -0.373 e. The lowest BCUT2D eigenvalue weighted by molar-refractivity contribution is 0.360. The maximum atomic E-state index is 4.80. The molecule has 1 aromatic heterocycles. The van der Waals surface area contributed by atoms with Crippen molar-refractivity contribution in [2.75, 3.05) is 17.7 Å². The number of hydrogen-bond acceptors (Lipinski definition) is 4. The lowest BCUT2D eigenvalue weighted by Gasteiger charge is -2.29. The Morgan fingerprint density at radius 2 is 1.57 bits per heavy atom. The second-order valence-corrected chi connectivity index (χ2v) is 7.47. The fraction of sp³-hybridized carbons (Fsp3) is 0.765. The van der Waals surface area contributed by atoms with Crippen molar-refractivity contribution in [1.29, 1.82) is 0 Å². The third-order valence-corrected chi connectivity index (χ3v) is 4.41. The molecule has 1 aliphatic rings. The maximum Gasteiger partial charge on any atom is 0.138 e. The summed E-state index contributed by atoms with van der Waals surface area (Å²) in [7, 11) is 1.92. The van der Waals surface area contributed by atoms with Gasteiger partial charge in [0.1, 0.15) is 17.5 Å². The molecule has 0 bridgehead atoms. The van der Waals surface area contributed by atoms with Crippen molar-refractivity contribution in [3.63, 3.8) is 0 Å². The second-order valence-electron chi connectivity index (χ2n) is 7.47. The third-order valence-electron chi connectivity index (χ3n) is 4.41. The Labute approximate surface area is 129 Å². The summed E-state index contributed by atoms with van der Waals surface area (Å²) in [5, 5.41) is 6.87. The van der Waals surface area contributed by atoms with Gasteiger partial charge in [-0.25, -0.2) is 9.97 Å². The number of nitrogens with zero attached hydrogens (tertiary/aromatic N) is 2. The summed E-state index contributed by atoms with van der Waals surface area (Å²) in [6.07, 6.45) is 5.11. The van der Waals surface area contributed by atoms with Crippen molar-refractivity contribution in [3.05, 3.63) is 11.4 Å². The lowest BCUT2D eigenvalue weighted by Crippen LogP contribution is -2.27. The number of hydrogen-bond donors (Lipinski definition) is 2. The first-order valence-corrected chi connectivity index (χ1v) is 8.14. The molecule has 2 N–H and O–H groups in total. The van der Waals surface area contributed by atoms with Crippen LogP contribution in [-0.4, -0.2) is 23.1 Å². The van der Waals surface area contributed by atoms with Gasteiger partial charge in [0.2, 0.25) is 0 Å². The van der Waals surface area contributed by atoms with E-state index < -0.39 is 0 Å². The first-order chi connectivity index (χ1) is 9.81. The van der Waals surface area contributed by atoms with Crippen LogP contribution in [-0.2, 0) is 5.41 Å². The van der Waals surface area contributed by atoms with Gasteiger partial charge in [-0.2, -0.15) is 0 Å².